The number of halogens is 1. The minimum absolute atomic E-state index is 0.211. The summed E-state index contributed by atoms with van der Waals surface area (Å²) >= 11 is 3.19. The maximum Gasteiger partial charge on any atom is 0.256 e. The van der Waals surface area contributed by atoms with Gasteiger partial charge in [0.25, 0.3) is 5.91 Å². The van der Waals surface area contributed by atoms with E-state index < -0.39 is 0 Å². The summed E-state index contributed by atoms with van der Waals surface area (Å²) in [7, 11) is 3.03. The molecule has 0 spiro atoms. The number of rotatable bonds is 2. The van der Waals surface area contributed by atoms with Gasteiger partial charge in [0.2, 0.25) is 5.88 Å². The van der Waals surface area contributed by atoms with Crippen LogP contribution >= 0.6 is 15.9 Å². The van der Waals surface area contributed by atoms with E-state index in [1.54, 1.807) is 19.2 Å². The number of pyridine rings is 1. The molecule has 1 N–H and O–H groups in total. The van der Waals surface area contributed by atoms with Crippen molar-refractivity contribution >= 4 is 21.8 Å². The van der Waals surface area contributed by atoms with Gasteiger partial charge in [0.1, 0.15) is 10.2 Å². The number of hydrogen-bond donors (Lipinski definition) is 1. The van der Waals surface area contributed by atoms with Crippen molar-refractivity contribution in [3.05, 3.63) is 22.3 Å². The van der Waals surface area contributed by atoms with Gasteiger partial charge in [-0.3, -0.25) is 4.79 Å². The van der Waals surface area contributed by atoms with Crippen molar-refractivity contribution in [2.45, 2.75) is 0 Å². The second-order valence-electron chi connectivity index (χ2n) is 2.27. The van der Waals surface area contributed by atoms with E-state index in [4.69, 9.17) is 4.74 Å². The predicted octanol–water partition coefficient (Wildman–Crippen LogP) is 1.21. The first-order chi connectivity index (χ1) is 6.19. The Bertz CT molecular complexity index is 328. The van der Waals surface area contributed by atoms with Gasteiger partial charge in [0, 0.05) is 7.05 Å². The van der Waals surface area contributed by atoms with Gasteiger partial charge in [-0.1, -0.05) is 0 Å². The third-order valence-electron chi connectivity index (χ3n) is 1.49. The van der Waals surface area contributed by atoms with Crippen molar-refractivity contribution < 1.29 is 9.53 Å². The molecule has 0 bridgehead atoms. The highest BCUT2D eigenvalue weighted by molar-refractivity contribution is 9.10. The second kappa shape index (κ2) is 4.23. The zero-order valence-electron chi connectivity index (χ0n) is 7.30. The maximum absolute atomic E-state index is 11.3. The number of amides is 1. The number of hydrogen-bond acceptors (Lipinski definition) is 3. The van der Waals surface area contributed by atoms with E-state index in [0.29, 0.717) is 16.0 Å². The summed E-state index contributed by atoms with van der Waals surface area (Å²) in [5.41, 5.74) is 0.424. The average molecular weight is 245 g/mol. The molecule has 1 amide bonds. The van der Waals surface area contributed by atoms with Gasteiger partial charge in [-0.25, -0.2) is 4.98 Å². The fourth-order valence-corrected chi connectivity index (χ4v) is 1.17. The molecule has 4 nitrogen and oxygen atoms in total. The first-order valence-electron chi connectivity index (χ1n) is 3.61. The van der Waals surface area contributed by atoms with Crippen molar-refractivity contribution in [3.8, 4) is 5.88 Å². The van der Waals surface area contributed by atoms with Crippen LogP contribution in [0.25, 0.3) is 0 Å². The average Bonchev–Trinajstić information content (AvgIpc) is 2.16. The summed E-state index contributed by atoms with van der Waals surface area (Å²) in [6.07, 6.45) is 0. The number of carbonyl (C=O) groups excluding carboxylic acids is 1. The Morgan fingerprint density at radius 1 is 1.62 bits per heavy atom. The molecule has 0 saturated carbocycles. The molecule has 1 aromatic heterocycles. The minimum Gasteiger partial charge on any atom is -0.480 e. The molecule has 1 rings (SSSR count). The summed E-state index contributed by atoms with van der Waals surface area (Å²) in [5, 5.41) is 2.50. The van der Waals surface area contributed by atoms with Gasteiger partial charge in [-0.05, 0) is 28.1 Å². The van der Waals surface area contributed by atoms with Gasteiger partial charge in [0.05, 0.1) is 7.11 Å². The lowest BCUT2D eigenvalue weighted by Gasteiger charge is -2.05. The van der Waals surface area contributed by atoms with Crippen molar-refractivity contribution in [3.63, 3.8) is 0 Å². The fourth-order valence-electron chi connectivity index (χ4n) is 0.881. The third kappa shape index (κ3) is 2.18. The Morgan fingerprint density at radius 2 is 2.31 bits per heavy atom. The molecular weight excluding hydrogens is 236 g/mol. The molecule has 0 atom stereocenters. The van der Waals surface area contributed by atoms with Crippen LogP contribution in [-0.2, 0) is 0 Å². The highest BCUT2D eigenvalue weighted by Gasteiger charge is 2.11. The number of nitrogens with one attached hydrogen (secondary N) is 1. The third-order valence-corrected chi connectivity index (χ3v) is 1.93. The van der Waals surface area contributed by atoms with Crippen LogP contribution in [0.1, 0.15) is 10.4 Å². The molecule has 1 aromatic rings. The fraction of sp³-hybridized carbons (Fsp3) is 0.250. The van der Waals surface area contributed by atoms with Gasteiger partial charge in [-0.15, -0.1) is 0 Å². The highest BCUT2D eigenvalue weighted by Crippen LogP contribution is 2.18. The summed E-state index contributed by atoms with van der Waals surface area (Å²) in [5.74, 6) is 0.102. The van der Waals surface area contributed by atoms with Crippen molar-refractivity contribution in [2.24, 2.45) is 0 Å². The SMILES string of the molecule is CNC(=O)c1ccc(Br)nc1OC. The van der Waals surface area contributed by atoms with Gasteiger partial charge >= 0.3 is 0 Å². The van der Waals surface area contributed by atoms with E-state index in [1.807, 2.05) is 0 Å². The molecule has 5 heteroatoms. The molecule has 0 aliphatic carbocycles. The lowest BCUT2D eigenvalue weighted by Crippen LogP contribution is -2.19. The lowest BCUT2D eigenvalue weighted by molar-refractivity contribution is 0.0959. The topological polar surface area (TPSA) is 51.2 Å². The van der Waals surface area contributed by atoms with Crippen molar-refractivity contribution in [1.82, 2.24) is 10.3 Å². The molecule has 0 aliphatic heterocycles. The van der Waals surface area contributed by atoms with Crippen LogP contribution in [0.2, 0.25) is 0 Å². The number of nitrogens with zero attached hydrogens (tertiary/aromatic N) is 1. The number of carbonyl (C=O) groups is 1. The van der Waals surface area contributed by atoms with Gasteiger partial charge in [-0.2, -0.15) is 0 Å². The van der Waals surface area contributed by atoms with Crippen LogP contribution < -0.4 is 10.1 Å². The monoisotopic (exact) mass is 244 g/mol. The summed E-state index contributed by atoms with van der Waals surface area (Å²) in [6.45, 7) is 0. The van der Waals surface area contributed by atoms with Crippen LogP contribution in [-0.4, -0.2) is 25.0 Å². The number of aromatic nitrogens is 1. The Balaban J connectivity index is 3.13. The first-order valence-corrected chi connectivity index (χ1v) is 4.41. The summed E-state index contributed by atoms with van der Waals surface area (Å²) in [4.78, 5) is 15.3. The molecule has 0 aliphatic rings. The molecule has 0 radical (unpaired) electrons. The van der Waals surface area contributed by atoms with E-state index in [0.717, 1.165) is 0 Å². The van der Waals surface area contributed by atoms with Crippen LogP contribution in [0.15, 0.2) is 16.7 Å². The molecule has 1 heterocycles. The predicted molar refractivity (Wildman–Crippen MR) is 51.9 cm³/mol. The zero-order valence-corrected chi connectivity index (χ0v) is 8.88. The second-order valence-corrected chi connectivity index (χ2v) is 3.08. The van der Waals surface area contributed by atoms with Crippen molar-refractivity contribution in [1.29, 1.82) is 0 Å². The lowest BCUT2D eigenvalue weighted by atomic mass is 10.2. The maximum atomic E-state index is 11.3. The largest absolute Gasteiger partial charge is 0.480 e. The molecular formula is C8H9BrN2O2. The Hall–Kier alpha value is -1.10. The minimum atomic E-state index is -0.211. The van der Waals surface area contributed by atoms with E-state index in [2.05, 4.69) is 26.2 Å². The van der Waals surface area contributed by atoms with Crippen molar-refractivity contribution in [2.75, 3.05) is 14.2 Å². The van der Waals surface area contributed by atoms with Crippen LogP contribution in [0.4, 0.5) is 0 Å². The van der Waals surface area contributed by atoms with E-state index in [9.17, 15) is 4.79 Å². The zero-order chi connectivity index (χ0) is 9.84. The Kier molecular flexibility index (Phi) is 3.25. The summed E-state index contributed by atoms with van der Waals surface area (Å²) in [6, 6.07) is 3.34. The van der Waals surface area contributed by atoms with E-state index in [-0.39, 0.29) is 5.91 Å². The van der Waals surface area contributed by atoms with Gasteiger partial charge < -0.3 is 10.1 Å². The first kappa shape index (κ1) is 9.98. The molecule has 0 unspecified atom stereocenters. The van der Waals surface area contributed by atoms with Crippen LogP contribution in [0, 0.1) is 0 Å². The summed E-state index contributed by atoms with van der Waals surface area (Å²) < 4.78 is 5.58. The molecule has 0 aromatic carbocycles. The van der Waals surface area contributed by atoms with E-state index in [1.165, 1.54) is 7.11 Å². The number of methoxy groups -OCH3 is 1. The van der Waals surface area contributed by atoms with Gasteiger partial charge in [0.15, 0.2) is 0 Å². The molecule has 13 heavy (non-hydrogen) atoms. The smallest absolute Gasteiger partial charge is 0.256 e. The van der Waals surface area contributed by atoms with Crippen LogP contribution in [0.3, 0.4) is 0 Å². The quantitative estimate of drug-likeness (QED) is 0.797. The standard InChI is InChI=1S/C8H9BrN2O2/c1-10-7(12)5-3-4-6(9)11-8(5)13-2/h3-4H,1-2H3,(H,10,12). The normalized spacial score (nSPS) is 9.46. The number of ether oxygens (including phenoxy) is 1. The Labute approximate surface area is 84.4 Å². The molecule has 0 fully saturated rings. The van der Waals surface area contributed by atoms with Crippen LogP contribution in [0.5, 0.6) is 5.88 Å². The Morgan fingerprint density at radius 3 is 2.85 bits per heavy atom. The highest BCUT2D eigenvalue weighted by atomic mass is 79.9. The molecule has 0 saturated heterocycles. The molecule has 70 valence electrons. The van der Waals surface area contributed by atoms with E-state index >= 15 is 0 Å².